The third-order valence-corrected chi connectivity index (χ3v) is 1.83. The molecular formula is C8H17NS. The first kappa shape index (κ1) is 10.0. The lowest BCUT2D eigenvalue weighted by Gasteiger charge is -2.01. The summed E-state index contributed by atoms with van der Waals surface area (Å²) in [7, 11) is 0. The van der Waals surface area contributed by atoms with Crippen molar-refractivity contribution in [3.63, 3.8) is 0 Å². The third kappa shape index (κ3) is 8.05. The van der Waals surface area contributed by atoms with Crippen LogP contribution in [0.25, 0.3) is 0 Å². The van der Waals surface area contributed by atoms with Crippen molar-refractivity contribution in [2.45, 2.75) is 13.3 Å². The number of nitrogens with one attached hydrogen (secondary N) is 1. The number of hydrogen-bond acceptors (Lipinski definition) is 2. The summed E-state index contributed by atoms with van der Waals surface area (Å²) in [5, 5.41) is 3.31. The van der Waals surface area contributed by atoms with E-state index in [0.29, 0.717) is 0 Å². The van der Waals surface area contributed by atoms with E-state index >= 15 is 0 Å². The average molecular weight is 159 g/mol. The zero-order valence-corrected chi connectivity index (χ0v) is 7.76. The molecule has 0 aromatic carbocycles. The maximum Gasteiger partial charge on any atom is 0.0159 e. The molecule has 0 spiro atoms. The normalized spacial score (nSPS) is 9.80. The molecule has 0 aliphatic carbocycles. The van der Waals surface area contributed by atoms with Crippen molar-refractivity contribution < 1.29 is 0 Å². The Morgan fingerprint density at radius 2 is 2.30 bits per heavy atom. The molecule has 0 aromatic rings. The van der Waals surface area contributed by atoms with Crippen LogP contribution in [0.1, 0.15) is 13.3 Å². The largest absolute Gasteiger partial charge is 0.313 e. The summed E-state index contributed by atoms with van der Waals surface area (Å²) in [5.41, 5.74) is 1.21. The molecule has 1 N–H and O–H groups in total. The summed E-state index contributed by atoms with van der Waals surface area (Å²) >= 11 is 1.90. The lowest BCUT2D eigenvalue weighted by Crippen LogP contribution is -2.17. The van der Waals surface area contributed by atoms with E-state index in [4.69, 9.17) is 0 Å². The first-order chi connectivity index (χ1) is 4.77. The average Bonchev–Trinajstić information content (AvgIpc) is 1.87. The van der Waals surface area contributed by atoms with Gasteiger partial charge in [-0.05, 0) is 31.9 Å². The van der Waals surface area contributed by atoms with Crippen molar-refractivity contribution in [1.29, 1.82) is 0 Å². The molecule has 2 heteroatoms. The van der Waals surface area contributed by atoms with Gasteiger partial charge < -0.3 is 5.32 Å². The van der Waals surface area contributed by atoms with E-state index in [1.165, 1.54) is 17.7 Å². The molecule has 0 rings (SSSR count). The maximum atomic E-state index is 3.81. The fourth-order valence-corrected chi connectivity index (χ4v) is 1.08. The molecule has 0 radical (unpaired) electrons. The van der Waals surface area contributed by atoms with Crippen LogP contribution in [0.4, 0.5) is 0 Å². The maximum absolute atomic E-state index is 3.81. The van der Waals surface area contributed by atoms with E-state index in [2.05, 4.69) is 18.2 Å². The van der Waals surface area contributed by atoms with Gasteiger partial charge in [0.05, 0.1) is 0 Å². The zero-order chi connectivity index (χ0) is 7.82. The lowest BCUT2D eigenvalue weighted by atomic mass is 10.3. The van der Waals surface area contributed by atoms with Gasteiger partial charge in [-0.15, -0.1) is 0 Å². The molecule has 0 heterocycles. The zero-order valence-electron chi connectivity index (χ0n) is 6.94. The monoisotopic (exact) mass is 159 g/mol. The van der Waals surface area contributed by atoms with Crippen LogP contribution < -0.4 is 5.32 Å². The smallest absolute Gasteiger partial charge is 0.0159 e. The minimum atomic E-state index is 0.967. The highest BCUT2D eigenvalue weighted by Gasteiger charge is 1.86. The molecule has 0 aromatic heterocycles. The van der Waals surface area contributed by atoms with Crippen molar-refractivity contribution >= 4 is 11.8 Å². The van der Waals surface area contributed by atoms with Gasteiger partial charge in [-0.1, -0.05) is 12.2 Å². The Labute approximate surface area is 68.3 Å². The van der Waals surface area contributed by atoms with Crippen molar-refractivity contribution in [3.8, 4) is 0 Å². The fourth-order valence-electron chi connectivity index (χ4n) is 0.643. The molecule has 1 nitrogen and oxygen atoms in total. The van der Waals surface area contributed by atoms with Crippen LogP contribution in [0.5, 0.6) is 0 Å². The highest BCUT2D eigenvalue weighted by Crippen LogP contribution is 1.93. The second kappa shape index (κ2) is 7.16. The Balaban J connectivity index is 2.84. The van der Waals surface area contributed by atoms with E-state index in [0.717, 1.165) is 13.1 Å². The summed E-state index contributed by atoms with van der Waals surface area (Å²) in [6.45, 7) is 7.93. The minimum Gasteiger partial charge on any atom is -0.313 e. The molecule has 60 valence electrons. The first-order valence-electron chi connectivity index (χ1n) is 3.61. The van der Waals surface area contributed by atoms with Gasteiger partial charge >= 0.3 is 0 Å². The predicted molar refractivity (Wildman–Crippen MR) is 50.7 cm³/mol. The van der Waals surface area contributed by atoms with Crippen LogP contribution >= 0.6 is 11.8 Å². The molecule has 0 bridgehead atoms. The second-order valence-corrected chi connectivity index (χ2v) is 3.47. The molecule has 0 aliphatic rings. The summed E-state index contributed by atoms with van der Waals surface area (Å²) in [6.07, 6.45) is 3.40. The van der Waals surface area contributed by atoms with E-state index in [-0.39, 0.29) is 0 Å². The number of rotatable bonds is 6. The molecule has 0 unspecified atom stereocenters. The van der Waals surface area contributed by atoms with Gasteiger partial charge in [0.25, 0.3) is 0 Å². The van der Waals surface area contributed by atoms with E-state index in [9.17, 15) is 0 Å². The van der Waals surface area contributed by atoms with Crippen molar-refractivity contribution in [2.24, 2.45) is 0 Å². The van der Waals surface area contributed by atoms with E-state index < -0.39 is 0 Å². The SMILES string of the molecule is C=C(C)CNCCCSC. The molecule has 0 amide bonds. The standard InChI is InChI=1S/C8H17NS/c1-8(2)7-9-5-4-6-10-3/h9H,1,4-7H2,2-3H3. The fraction of sp³-hybridized carbons (Fsp3) is 0.750. The molecule has 0 aliphatic heterocycles. The van der Waals surface area contributed by atoms with Crippen LogP contribution in [0.3, 0.4) is 0 Å². The Kier molecular flexibility index (Phi) is 7.20. The Bertz CT molecular complexity index is 91.3. The van der Waals surface area contributed by atoms with E-state index in [1.54, 1.807) is 0 Å². The lowest BCUT2D eigenvalue weighted by molar-refractivity contribution is 0.719. The van der Waals surface area contributed by atoms with Crippen LogP contribution in [-0.4, -0.2) is 25.1 Å². The Hall–Kier alpha value is 0.0500. The number of thioether (sulfide) groups is 1. The summed E-state index contributed by atoms with van der Waals surface area (Å²) < 4.78 is 0. The molecule has 0 saturated carbocycles. The van der Waals surface area contributed by atoms with Gasteiger partial charge in [-0.25, -0.2) is 0 Å². The van der Waals surface area contributed by atoms with Crippen molar-refractivity contribution in [3.05, 3.63) is 12.2 Å². The summed E-state index contributed by atoms with van der Waals surface area (Å²) in [6, 6.07) is 0. The highest BCUT2D eigenvalue weighted by molar-refractivity contribution is 7.98. The Morgan fingerprint density at radius 1 is 1.60 bits per heavy atom. The van der Waals surface area contributed by atoms with Gasteiger partial charge in [0.15, 0.2) is 0 Å². The van der Waals surface area contributed by atoms with Crippen LogP contribution in [0.15, 0.2) is 12.2 Å². The highest BCUT2D eigenvalue weighted by atomic mass is 32.2. The summed E-state index contributed by atoms with van der Waals surface area (Å²) in [5.74, 6) is 1.25. The van der Waals surface area contributed by atoms with Crippen molar-refractivity contribution in [2.75, 3.05) is 25.1 Å². The first-order valence-corrected chi connectivity index (χ1v) is 5.00. The van der Waals surface area contributed by atoms with Crippen LogP contribution in [0.2, 0.25) is 0 Å². The molecule has 0 saturated heterocycles. The van der Waals surface area contributed by atoms with Gasteiger partial charge in [0.1, 0.15) is 0 Å². The van der Waals surface area contributed by atoms with Crippen molar-refractivity contribution in [1.82, 2.24) is 5.32 Å². The molecule has 0 fully saturated rings. The van der Waals surface area contributed by atoms with Crippen LogP contribution in [-0.2, 0) is 0 Å². The third-order valence-electron chi connectivity index (χ3n) is 1.13. The van der Waals surface area contributed by atoms with Gasteiger partial charge in [0, 0.05) is 6.54 Å². The minimum absolute atomic E-state index is 0.967. The Morgan fingerprint density at radius 3 is 2.80 bits per heavy atom. The molecule has 10 heavy (non-hydrogen) atoms. The van der Waals surface area contributed by atoms with Crippen LogP contribution in [0, 0.1) is 0 Å². The van der Waals surface area contributed by atoms with Gasteiger partial charge in [-0.2, -0.15) is 11.8 Å². The number of hydrogen-bond donors (Lipinski definition) is 1. The second-order valence-electron chi connectivity index (χ2n) is 2.48. The summed E-state index contributed by atoms with van der Waals surface area (Å²) in [4.78, 5) is 0. The van der Waals surface area contributed by atoms with Gasteiger partial charge in [-0.3, -0.25) is 0 Å². The predicted octanol–water partition coefficient (Wildman–Crippen LogP) is 1.91. The van der Waals surface area contributed by atoms with E-state index in [1.807, 2.05) is 18.7 Å². The van der Waals surface area contributed by atoms with Gasteiger partial charge in [0.2, 0.25) is 0 Å². The molecular weight excluding hydrogens is 142 g/mol. The molecule has 0 atom stereocenters. The topological polar surface area (TPSA) is 12.0 Å². The quantitative estimate of drug-likeness (QED) is 0.469.